The van der Waals surface area contributed by atoms with Crippen molar-refractivity contribution in [1.29, 1.82) is 0 Å². The van der Waals surface area contributed by atoms with Gasteiger partial charge in [-0.3, -0.25) is 0 Å². The third-order valence-electron chi connectivity index (χ3n) is 5.20. The number of anilines is 1. The first-order chi connectivity index (χ1) is 11.6. The minimum atomic E-state index is -0.920. The van der Waals surface area contributed by atoms with E-state index in [1.165, 1.54) is 6.07 Å². The number of carbonyl (C=O) groups is 1. The molecule has 2 aromatic carbocycles. The molecule has 0 aromatic heterocycles. The van der Waals surface area contributed by atoms with Gasteiger partial charge in [-0.15, -0.1) is 0 Å². The van der Waals surface area contributed by atoms with Gasteiger partial charge in [-0.25, -0.2) is 9.18 Å². The van der Waals surface area contributed by atoms with Gasteiger partial charge in [-0.2, -0.15) is 0 Å². The Morgan fingerprint density at radius 3 is 2.79 bits per heavy atom. The van der Waals surface area contributed by atoms with Crippen molar-refractivity contribution in [1.82, 2.24) is 0 Å². The number of nitrogens with one attached hydrogen (secondary N) is 1. The van der Waals surface area contributed by atoms with Gasteiger partial charge in [0.05, 0.1) is 11.6 Å². The summed E-state index contributed by atoms with van der Waals surface area (Å²) in [5, 5.41) is 13.0. The molecule has 0 bridgehead atoms. The largest absolute Gasteiger partial charge is 0.478 e. The van der Waals surface area contributed by atoms with Crippen molar-refractivity contribution in [2.24, 2.45) is 5.92 Å². The van der Waals surface area contributed by atoms with E-state index in [9.17, 15) is 14.3 Å². The Balaban J connectivity index is 1.90. The van der Waals surface area contributed by atoms with E-state index in [4.69, 9.17) is 0 Å². The third-order valence-corrected chi connectivity index (χ3v) is 5.20. The molecular formula is C20H18FNO2. The van der Waals surface area contributed by atoms with E-state index in [1.54, 1.807) is 12.1 Å². The fourth-order valence-electron chi connectivity index (χ4n) is 4.08. The van der Waals surface area contributed by atoms with Gasteiger partial charge in [0.1, 0.15) is 5.82 Å². The Hall–Kier alpha value is -2.62. The molecule has 1 aliphatic carbocycles. The van der Waals surface area contributed by atoms with E-state index in [0.717, 1.165) is 23.2 Å². The van der Waals surface area contributed by atoms with Crippen LogP contribution in [0.25, 0.3) is 0 Å². The molecule has 2 aromatic rings. The summed E-state index contributed by atoms with van der Waals surface area (Å²) in [6.45, 7) is 1.95. The standard InChI is InChI=1S/C20H18FNO2/c1-11-9-10-15(20(23)24)17-12-6-4-7-13(12)19(22-18(11)17)14-5-2-3-8-16(14)21/h2-6,8-10,12-13,19,22H,7H2,1H3,(H,23,24)/t12-,13-,19-/m0/s1. The lowest BCUT2D eigenvalue weighted by atomic mass is 9.74. The highest BCUT2D eigenvalue weighted by molar-refractivity contribution is 5.93. The van der Waals surface area contributed by atoms with Crippen LogP contribution in [0.5, 0.6) is 0 Å². The average Bonchev–Trinajstić information content (AvgIpc) is 3.05. The molecule has 3 nitrogen and oxygen atoms in total. The normalized spacial score (nSPS) is 24.2. The first-order valence-electron chi connectivity index (χ1n) is 8.12. The van der Waals surface area contributed by atoms with Crippen molar-refractivity contribution in [3.8, 4) is 0 Å². The Morgan fingerprint density at radius 1 is 1.25 bits per heavy atom. The number of aryl methyl sites for hydroxylation is 1. The molecule has 0 spiro atoms. The van der Waals surface area contributed by atoms with Gasteiger partial charge in [0, 0.05) is 17.2 Å². The van der Waals surface area contributed by atoms with Crippen LogP contribution in [0.3, 0.4) is 0 Å². The van der Waals surface area contributed by atoms with Gasteiger partial charge in [0.25, 0.3) is 0 Å². The maximum Gasteiger partial charge on any atom is 0.336 e. The summed E-state index contributed by atoms with van der Waals surface area (Å²) in [4.78, 5) is 11.7. The molecule has 2 N–H and O–H groups in total. The quantitative estimate of drug-likeness (QED) is 0.790. The molecule has 1 heterocycles. The second kappa shape index (κ2) is 5.48. The molecule has 4 rings (SSSR count). The predicted molar refractivity (Wildman–Crippen MR) is 90.9 cm³/mol. The number of benzene rings is 2. The Bertz CT molecular complexity index is 859. The first kappa shape index (κ1) is 14.9. The number of rotatable bonds is 2. The number of carboxylic acids is 1. The minimum absolute atomic E-state index is 0.00291. The summed E-state index contributed by atoms with van der Waals surface area (Å²) in [5.41, 5.74) is 3.61. The Labute approximate surface area is 139 Å². The second-order valence-corrected chi connectivity index (χ2v) is 6.52. The molecular weight excluding hydrogens is 305 g/mol. The summed E-state index contributed by atoms with van der Waals surface area (Å²) < 4.78 is 14.4. The van der Waals surface area contributed by atoms with Crippen LogP contribution in [0.2, 0.25) is 0 Å². The van der Waals surface area contributed by atoms with Crippen molar-refractivity contribution in [2.75, 3.05) is 5.32 Å². The Kier molecular flexibility index (Phi) is 3.41. The van der Waals surface area contributed by atoms with Crippen molar-refractivity contribution >= 4 is 11.7 Å². The summed E-state index contributed by atoms with van der Waals surface area (Å²) >= 11 is 0. The summed E-state index contributed by atoms with van der Waals surface area (Å²) in [6.07, 6.45) is 4.96. The summed E-state index contributed by atoms with van der Waals surface area (Å²) in [5.74, 6) is -1.03. The van der Waals surface area contributed by atoms with Crippen LogP contribution < -0.4 is 5.32 Å². The van der Waals surface area contributed by atoms with Crippen LogP contribution in [0.1, 0.15) is 45.4 Å². The molecule has 1 aliphatic heterocycles. The van der Waals surface area contributed by atoms with E-state index in [2.05, 4.69) is 17.5 Å². The van der Waals surface area contributed by atoms with Gasteiger partial charge < -0.3 is 10.4 Å². The smallest absolute Gasteiger partial charge is 0.336 e. The molecule has 2 aliphatic rings. The zero-order valence-electron chi connectivity index (χ0n) is 13.3. The molecule has 122 valence electrons. The fraction of sp³-hybridized carbons (Fsp3) is 0.250. The number of carboxylic acid groups (broad SMARTS) is 1. The van der Waals surface area contributed by atoms with E-state index < -0.39 is 5.97 Å². The van der Waals surface area contributed by atoms with Crippen LogP contribution >= 0.6 is 0 Å². The van der Waals surface area contributed by atoms with E-state index in [-0.39, 0.29) is 23.7 Å². The molecule has 0 unspecified atom stereocenters. The number of hydrogen-bond donors (Lipinski definition) is 2. The number of fused-ring (bicyclic) bond motifs is 3. The van der Waals surface area contributed by atoms with Gasteiger partial charge >= 0.3 is 5.97 Å². The Morgan fingerprint density at radius 2 is 2.04 bits per heavy atom. The molecule has 0 saturated carbocycles. The lowest BCUT2D eigenvalue weighted by molar-refractivity contribution is 0.0695. The number of allylic oxidation sites excluding steroid dienone is 2. The van der Waals surface area contributed by atoms with Crippen LogP contribution in [-0.2, 0) is 0 Å². The predicted octanol–water partition coefficient (Wildman–Crippen LogP) is 4.66. The molecule has 0 radical (unpaired) electrons. The highest BCUT2D eigenvalue weighted by Crippen LogP contribution is 2.51. The highest BCUT2D eigenvalue weighted by atomic mass is 19.1. The van der Waals surface area contributed by atoms with Crippen molar-refractivity contribution in [2.45, 2.75) is 25.3 Å². The van der Waals surface area contributed by atoms with Gasteiger partial charge in [0.2, 0.25) is 0 Å². The number of aromatic carboxylic acids is 1. The molecule has 0 amide bonds. The third kappa shape index (κ3) is 2.13. The summed E-state index contributed by atoms with van der Waals surface area (Å²) in [7, 11) is 0. The topological polar surface area (TPSA) is 49.3 Å². The minimum Gasteiger partial charge on any atom is -0.478 e. The van der Waals surface area contributed by atoms with Gasteiger partial charge in [-0.05, 0) is 42.5 Å². The SMILES string of the molecule is Cc1ccc(C(=O)O)c2c1N[C@H](c1ccccc1F)[C@H]1CC=C[C@H]21. The average molecular weight is 323 g/mol. The number of hydrogen-bond acceptors (Lipinski definition) is 2. The van der Waals surface area contributed by atoms with E-state index in [1.807, 2.05) is 25.1 Å². The zero-order valence-corrected chi connectivity index (χ0v) is 13.3. The van der Waals surface area contributed by atoms with Gasteiger partial charge in [0.15, 0.2) is 0 Å². The van der Waals surface area contributed by atoms with Crippen LogP contribution in [-0.4, -0.2) is 11.1 Å². The molecule has 4 heteroatoms. The van der Waals surface area contributed by atoms with Gasteiger partial charge in [-0.1, -0.05) is 36.4 Å². The molecule has 3 atom stereocenters. The second-order valence-electron chi connectivity index (χ2n) is 6.52. The van der Waals surface area contributed by atoms with E-state index >= 15 is 0 Å². The van der Waals surface area contributed by atoms with Crippen LogP contribution in [0.15, 0.2) is 48.6 Å². The van der Waals surface area contributed by atoms with Crippen molar-refractivity contribution < 1.29 is 14.3 Å². The molecule has 0 fully saturated rings. The molecule has 24 heavy (non-hydrogen) atoms. The van der Waals surface area contributed by atoms with Crippen molar-refractivity contribution in [3.63, 3.8) is 0 Å². The highest BCUT2D eigenvalue weighted by Gasteiger charge is 2.41. The maximum atomic E-state index is 14.4. The lowest BCUT2D eigenvalue weighted by Crippen LogP contribution is -2.31. The van der Waals surface area contributed by atoms with Crippen LogP contribution in [0.4, 0.5) is 10.1 Å². The molecule has 0 saturated heterocycles. The van der Waals surface area contributed by atoms with Crippen LogP contribution in [0, 0.1) is 18.7 Å². The number of halogens is 1. The van der Waals surface area contributed by atoms with E-state index in [0.29, 0.717) is 11.1 Å². The maximum absolute atomic E-state index is 14.4. The lowest BCUT2D eigenvalue weighted by Gasteiger charge is -2.39. The van der Waals surface area contributed by atoms with Crippen molar-refractivity contribution in [3.05, 3.63) is 76.6 Å². The zero-order chi connectivity index (χ0) is 16.8. The monoisotopic (exact) mass is 323 g/mol. The fourth-order valence-corrected chi connectivity index (χ4v) is 4.08. The summed E-state index contributed by atoms with van der Waals surface area (Å²) in [6, 6.07) is 10.1. The first-order valence-corrected chi connectivity index (χ1v) is 8.12.